The Kier molecular flexibility index (Phi) is 5.05. The standard InChI is InChI=1S/C14H20N2OS/c1-11(18-13-9-5-6-10-15-13)14(17)16-12-7-3-2-4-8-12/h5-6,9-12H,2-4,7-8H2,1H3,(H,16,17). The Morgan fingerprint density at radius 2 is 2.17 bits per heavy atom. The van der Waals surface area contributed by atoms with Crippen molar-refractivity contribution in [2.75, 3.05) is 0 Å². The van der Waals surface area contributed by atoms with Crippen LogP contribution in [0.2, 0.25) is 0 Å². The van der Waals surface area contributed by atoms with Crippen molar-refractivity contribution in [3.8, 4) is 0 Å². The van der Waals surface area contributed by atoms with Gasteiger partial charge in [-0.2, -0.15) is 0 Å². The number of nitrogens with one attached hydrogen (secondary N) is 1. The molecule has 1 fully saturated rings. The number of hydrogen-bond acceptors (Lipinski definition) is 3. The van der Waals surface area contributed by atoms with Crippen molar-refractivity contribution in [2.45, 2.75) is 55.3 Å². The summed E-state index contributed by atoms with van der Waals surface area (Å²) in [6.07, 6.45) is 7.82. The van der Waals surface area contributed by atoms with Gasteiger partial charge in [0.2, 0.25) is 5.91 Å². The number of rotatable bonds is 4. The zero-order valence-electron chi connectivity index (χ0n) is 10.8. The lowest BCUT2D eigenvalue weighted by Gasteiger charge is -2.24. The van der Waals surface area contributed by atoms with Crippen LogP contribution in [0.4, 0.5) is 0 Å². The zero-order chi connectivity index (χ0) is 12.8. The molecule has 3 nitrogen and oxygen atoms in total. The molecule has 1 atom stereocenters. The number of aromatic nitrogens is 1. The first-order valence-corrected chi connectivity index (χ1v) is 7.52. The number of amides is 1. The van der Waals surface area contributed by atoms with E-state index in [9.17, 15) is 4.79 Å². The molecular formula is C14H20N2OS. The van der Waals surface area contributed by atoms with Crippen LogP contribution in [0.15, 0.2) is 29.4 Å². The Bertz CT molecular complexity index is 377. The van der Waals surface area contributed by atoms with Gasteiger partial charge in [0.1, 0.15) is 0 Å². The molecule has 0 radical (unpaired) electrons. The zero-order valence-corrected chi connectivity index (χ0v) is 11.6. The van der Waals surface area contributed by atoms with Crippen molar-refractivity contribution in [3.63, 3.8) is 0 Å². The molecule has 1 unspecified atom stereocenters. The van der Waals surface area contributed by atoms with E-state index in [1.807, 2.05) is 25.1 Å². The maximum absolute atomic E-state index is 12.1. The second-order valence-corrected chi connectivity index (χ2v) is 6.13. The van der Waals surface area contributed by atoms with Crippen molar-refractivity contribution in [1.82, 2.24) is 10.3 Å². The maximum atomic E-state index is 12.1. The Labute approximate surface area is 113 Å². The minimum atomic E-state index is -0.0816. The Morgan fingerprint density at radius 3 is 2.83 bits per heavy atom. The lowest BCUT2D eigenvalue weighted by molar-refractivity contribution is -0.121. The van der Waals surface area contributed by atoms with E-state index < -0.39 is 0 Å². The maximum Gasteiger partial charge on any atom is 0.233 e. The van der Waals surface area contributed by atoms with Crippen molar-refractivity contribution < 1.29 is 4.79 Å². The first-order valence-electron chi connectivity index (χ1n) is 6.64. The van der Waals surface area contributed by atoms with Crippen LogP contribution in [0, 0.1) is 0 Å². The van der Waals surface area contributed by atoms with Crippen molar-refractivity contribution in [2.24, 2.45) is 0 Å². The molecule has 18 heavy (non-hydrogen) atoms. The number of carbonyl (C=O) groups is 1. The van der Waals surface area contributed by atoms with Gasteiger partial charge in [0.25, 0.3) is 0 Å². The number of hydrogen-bond donors (Lipinski definition) is 1. The molecule has 1 aliphatic carbocycles. The molecule has 98 valence electrons. The lowest BCUT2D eigenvalue weighted by Crippen LogP contribution is -2.40. The molecule has 1 aliphatic rings. The van der Waals surface area contributed by atoms with Crippen LogP contribution in [0.5, 0.6) is 0 Å². The summed E-state index contributed by atoms with van der Waals surface area (Å²) in [5.41, 5.74) is 0. The highest BCUT2D eigenvalue weighted by Crippen LogP contribution is 2.22. The van der Waals surface area contributed by atoms with E-state index in [-0.39, 0.29) is 11.2 Å². The van der Waals surface area contributed by atoms with Gasteiger partial charge in [0, 0.05) is 12.2 Å². The third kappa shape index (κ3) is 4.02. The fourth-order valence-electron chi connectivity index (χ4n) is 2.22. The van der Waals surface area contributed by atoms with E-state index >= 15 is 0 Å². The van der Waals surface area contributed by atoms with E-state index in [2.05, 4.69) is 10.3 Å². The average Bonchev–Trinajstić information content (AvgIpc) is 2.41. The molecule has 0 bridgehead atoms. The SMILES string of the molecule is CC(Sc1ccccn1)C(=O)NC1CCCCC1. The highest BCUT2D eigenvalue weighted by atomic mass is 32.2. The molecule has 1 heterocycles. The summed E-state index contributed by atoms with van der Waals surface area (Å²) in [4.78, 5) is 16.3. The van der Waals surface area contributed by atoms with Crippen molar-refractivity contribution >= 4 is 17.7 Å². The highest BCUT2D eigenvalue weighted by molar-refractivity contribution is 8.00. The molecule has 2 rings (SSSR count). The number of thioether (sulfide) groups is 1. The summed E-state index contributed by atoms with van der Waals surface area (Å²) >= 11 is 1.52. The van der Waals surface area contributed by atoms with Gasteiger partial charge in [-0.1, -0.05) is 37.1 Å². The number of pyridine rings is 1. The van der Waals surface area contributed by atoms with Crippen molar-refractivity contribution in [1.29, 1.82) is 0 Å². The normalized spacial score (nSPS) is 18.3. The van der Waals surface area contributed by atoms with Crippen LogP contribution < -0.4 is 5.32 Å². The summed E-state index contributed by atoms with van der Waals surface area (Å²) in [6, 6.07) is 6.16. The molecule has 1 saturated carbocycles. The Balaban J connectivity index is 1.81. The molecule has 0 saturated heterocycles. The van der Waals surface area contributed by atoms with Crippen LogP contribution in [0.3, 0.4) is 0 Å². The van der Waals surface area contributed by atoms with Crippen LogP contribution in [0.25, 0.3) is 0 Å². The molecule has 0 aromatic carbocycles. The second-order valence-electron chi connectivity index (χ2n) is 4.77. The molecule has 0 spiro atoms. The van der Waals surface area contributed by atoms with Gasteiger partial charge in [-0.25, -0.2) is 4.98 Å². The summed E-state index contributed by atoms with van der Waals surface area (Å²) in [7, 11) is 0. The average molecular weight is 264 g/mol. The highest BCUT2D eigenvalue weighted by Gasteiger charge is 2.20. The fraction of sp³-hybridized carbons (Fsp3) is 0.571. The Morgan fingerprint density at radius 1 is 1.39 bits per heavy atom. The largest absolute Gasteiger partial charge is 0.352 e. The third-order valence-corrected chi connectivity index (χ3v) is 4.31. The van der Waals surface area contributed by atoms with E-state index in [4.69, 9.17) is 0 Å². The van der Waals surface area contributed by atoms with Gasteiger partial charge in [-0.3, -0.25) is 4.79 Å². The summed E-state index contributed by atoms with van der Waals surface area (Å²) < 4.78 is 0. The van der Waals surface area contributed by atoms with Crippen LogP contribution in [-0.4, -0.2) is 22.2 Å². The third-order valence-electron chi connectivity index (χ3n) is 3.26. The van der Waals surface area contributed by atoms with E-state index in [1.54, 1.807) is 6.20 Å². The van der Waals surface area contributed by atoms with Crippen molar-refractivity contribution in [3.05, 3.63) is 24.4 Å². The summed E-state index contributed by atoms with van der Waals surface area (Å²) in [5, 5.41) is 3.98. The van der Waals surface area contributed by atoms with Gasteiger partial charge in [-0.15, -0.1) is 0 Å². The van der Waals surface area contributed by atoms with E-state index in [1.165, 1.54) is 31.0 Å². The smallest absolute Gasteiger partial charge is 0.233 e. The number of nitrogens with zero attached hydrogens (tertiary/aromatic N) is 1. The van der Waals surface area contributed by atoms with E-state index in [0.717, 1.165) is 17.9 Å². The molecule has 1 N–H and O–H groups in total. The predicted octanol–water partition coefficient (Wildman–Crippen LogP) is 3.01. The predicted molar refractivity (Wildman–Crippen MR) is 74.6 cm³/mol. The van der Waals surface area contributed by atoms with Crippen LogP contribution in [0.1, 0.15) is 39.0 Å². The monoisotopic (exact) mass is 264 g/mol. The van der Waals surface area contributed by atoms with Gasteiger partial charge >= 0.3 is 0 Å². The lowest BCUT2D eigenvalue weighted by atomic mass is 9.95. The fourth-order valence-corrected chi connectivity index (χ4v) is 3.03. The first-order chi connectivity index (χ1) is 8.75. The van der Waals surface area contributed by atoms with E-state index in [0.29, 0.717) is 6.04 Å². The van der Waals surface area contributed by atoms with Gasteiger partial charge in [-0.05, 0) is 31.9 Å². The minimum Gasteiger partial charge on any atom is -0.352 e. The Hall–Kier alpha value is -1.03. The quantitative estimate of drug-likeness (QED) is 0.850. The van der Waals surface area contributed by atoms with Gasteiger partial charge in [0.05, 0.1) is 10.3 Å². The molecule has 4 heteroatoms. The first kappa shape index (κ1) is 13.4. The summed E-state index contributed by atoms with van der Waals surface area (Å²) in [5.74, 6) is 0.137. The molecule has 1 aromatic heterocycles. The molecule has 0 aliphatic heterocycles. The minimum absolute atomic E-state index is 0.0816. The number of carbonyl (C=O) groups excluding carboxylic acids is 1. The van der Waals surface area contributed by atoms with Crippen LogP contribution in [-0.2, 0) is 4.79 Å². The summed E-state index contributed by atoms with van der Waals surface area (Å²) in [6.45, 7) is 1.94. The van der Waals surface area contributed by atoms with Gasteiger partial charge < -0.3 is 5.32 Å². The molecular weight excluding hydrogens is 244 g/mol. The van der Waals surface area contributed by atoms with Crippen LogP contribution >= 0.6 is 11.8 Å². The second kappa shape index (κ2) is 6.78. The topological polar surface area (TPSA) is 42.0 Å². The molecule has 1 aromatic rings. The molecule has 1 amide bonds. The van der Waals surface area contributed by atoms with Gasteiger partial charge in [0.15, 0.2) is 0 Å².